The molecule has 0 spiro atoms. The fourth-order valence-corrected chi connectivity index (χ4v) is 0.227. The second-order valence-electron chi connectivity index (χ2n) is 0.793. The van der Waals surface area contributed by atoms with Crippen LogP contribution in [0.25, 0.3) is 0 Å². The highest BCUT2D eigenvalue weighted by atomic mass is 16.3. The Balaban J connectivity index is 0.000000250. The Morgan fingerprint density at radius 1 is 1.00 bits per heavy atom. The molecule has 0 fully saturated rings. The van der Waals surface area contributed by atoms with E-state index in [1.54, 1.807) is 12.5 Å². The first-order chi connectivity index (χ1) is 2.50. The zero-order chi connectivity index (χ0) is 3.54. The number of furan rings is 1. The van der Waals surface area contributed by atoms with Gasteiger partial charge in [-0.25, -0.2) is 0 Å². The summed E-state index contributed by atoms with van der Waals surface area (Å²) in [6, 6.07) is 3.67. The van der Waals surface area contributed by atoms with Gasteiger partial charge in [-0.3, -0.25) is 0 Å². The van der Waals surface area contributed by atoms with Crippen LogP contribution in [0.2, 0.25) is 0 Å². The van der Waals surface area contributed by atoms with E-state index < -0.39 is 0 Å². The third-order valence-corrected chi connectivity index (χ3v) is 0.425. The third kappa shape index (κ3) is 0.904. The van der Waals surface area contributed by atoms with Gasteiger partial charge >= 0.3 is 0 Å². The Kier molecular flexibility index (Phi) is 2.16. The van der Waals surface area contributed by atoms with Crippen molar-refractivity contribution in [1.29, 1.82) is 0 Å². The normalized spacial score (nSPS) is 6.67. The molecule has 0 bridgehead atoms. The monoisotopic (exact) mass is 86.0 g/mol. The van der Waals surface area contributed by atoms with Crippen molar-refractivity contribution in [1.82, 2.24) is 0 Å². The molecule has 1 aromatic rings. The van der Waals surface area contributed by atoms with Gasteiger partial charge in [0.25, 0.3) is 0 Å². The summed E-state index contributed by atoms with van der Waals surface area (Å²) in [5, 5.41) is 0. The summed E-state index contributed by atoms with van der Waals surface area (Å²) in [5.41, 5.74) is 0. The molecule has 6 heavy (non-hydrogen) atoms. The Labute approximate surface area is 35.7 Å². The minimum atomic E-state index is 0. The van der Waals surface area contributed by atoms with Gasteiger partial charge < -0.3 is 9.89 Å². The van der Waals surface area contributed by atoms with Gasteiger partial charge in [-0.2, -0.15) is 0 Å². The van der Waals surface area contributed by atoms with Crippen LogP contribution < -0.4 is 0 Å². The molecule has 0 unspecified atom stereocenters. The number of hydrogen-bond donors (Lipinski definition) is 0. The molecule has 1 aromatic heterocycles. The molecule has 34 valence electrons. The van der Waals surface area contributed by atoms with Crippen LogP contribution in [0.4, 0.5) is 0 Å². The summed E-state index contributed by atoms with van der Waals surface area (Å²) in [5.74, 6) is 0. The molecule has 0 saturated carbocycles. The van der Waals surface area contributed by atoms with Gasteiger partial charge in [-0.1, -0.05) is 0 Å². The highest BCUT2D eigenvalue weighted by molar-refractivity contribution is 4.79. The number of hydrogen-bond acceptors (Lipinski definition) is 1. The molecule has 0 atom stereocenters. The highest BCUT2D eigenvalue weighted by Crippen LogP contribution is 1.79. The molecule has 2 N–H and O–H groups in total. The van der Waals surface area contributed by atoms with Crippen molar-refractivity contribution in [3.63, 3.8) is 0 Å². The van der Waals surface area contributed by atoms with Crippen molar-refractivity contribution in [3.05, 3.63) is 24.7 Å². The van der Waals surface area contributed by atoms with Crippen molar-refractivity contribution < 1.29 is 9.89 Å². The first-order valence-electron chi connectivity index (χ1n) is 1.47. The predicted molar refractivity (Wildman–Crippen MR) is 22.3 cm³/mol. The third-order valence-electron chi connectivity index (χ3n) is 0.425. The fraction of sp³-hybridized carbons (Fsp3) is 0. The lowest BCUT2D eigenvalue weighted by Gasteiger charge is -1.50. The van der Waals surface area contributed by atoms with E-state index in [9.17, 15) is 0 Å². The van der Waals surface area contributed by atoms with Gasteiger partial charge in [-0.15, -0.1) is 0 Å². The molecule has 0 amide bonds. The molecule has 0 aliphatic heterocycles. The molecule has 1 rings (SSSR count). The summed E-state index contributed by atoms with van der Waals surface area (Å²) in [7, 11) is 0. The largest absolute Gasteiger partial charge is 0.473 e. The average molecular weight is 86.1 g/mol. The van der Waals surface area contributed by atoms with Gasteiger partial charge in [0.1, 0.15) is 0 Å². The molecule has 1 heterocycles. The smallest absolute Gasteiger partial charge is 0.0902 e. The fourth-order valence-electron chi connectivity index (χ4n) is 0.227. The minimum Gasteiger partial charge on any atom is -0.473 e. The molecule has 0 radical (unpaired) electrons. The molecule has 0 aliphatic carbocycles. The number of rotatable bonds is 0. The van der Waals surface area contributed by atoms with Crippen molar-refractivity contribution >= 4 is 0 Å². The van der Waals surface area contributed by atoms with Crippen molar-refractivity contribution in [2.75, 3.05) is 0 Å². The van der Waals surface area contributed by atoms with Crippen LogP contribution in [-0.4, -0.2) is 5.48 Å². The Hall–Kier alpha value is -0.760. The minimum absolute atomic E-state index is 0. The van der Waals surface area contributed by atoms with E-state index in [0.29, 0.717) is 0 Å². The first kappa shape index (κ1) is 5.24. The van der Waals surface area contributed by atoms with Crippen molar-refractivity contribution in [2.45, 2.75) is 0 Å². The SMILES string of the molecule is O.c1ccoc1. The summed E-state index contributed by atoms with van der Waals surface area (Å²) in [4.78, 5) is 0. The summed E-state index contributed by atoms with van der Waals surface area (Å²) >= 11 is 0. The van der Waals surface area contributed by atoms with Gasteiger partial charge in [0, 0.05) is 0 Å². The standard InChI is InChI=1S/C4H4O.H2O/c1-2-4-5-3-1;/h1-4H;1H2. The molecule has 2 heteroatoms. The lowest BCUT2D eigenvalue weighted by atomic mass is 10.7. The molecular formula is C4H6O2. The van der Waals surface area contributed by atoms with Crippen LogP contribution in [0.5, 0.6) is 0 Å². The predicted octanol–water partition coefficient (Wildman–Crippen LogP) is 0.455. The topological polar surface area (TPSA) is 44.6 Å². The Morgan fingerprint density at radius 3 is 1.67 bits per heavy atom. The molecule has 2 nitrogen and oxygen atoms in total. The summed E-state index contributed by atoms with van der Waals surface area (Å²) < 4.78 is 4.58. The van der Waals surface area contributed by atoms with Crippen LogP contribution in [0.1, 0.15) is 0 Å². The van der Waals surface area contributed by atoms with E-state index in [1.165, 1.54) is 0 Å². The maximum absolute atomic E-state index is 4.58. The van der Waals surface area contributed by atoms with E-state index >= 15 is 0 Å². The van der Waals surface area contributed by atoms with Crippen LogP contribution in [0, 0.1) is 0 Å². The summed E-state index contributed by atoms with van der Waals surface area (Å²) in [6.07, 6.45) is 3.25. The molecule has 0 aromatic carbocycles. The maximum atomic E-state index is 4.58. The van der Waals surface area contributed by atoms with E-state index in [4.69, 9.17) is 0 Å². The maximum Gasteiger partial charge on any atom is 0.0902 e. The quantitative estimate of drug-likeness (QED) is 0.452. The van der Waals surface area contributed by atoms with Crippen LogP contribution in [0.15, 0.2) is 29.1 Å². The lowest BCUT2D eigenvalue weighted by molar-refractivity contribution is 0.567. The van der Waals surface area contributed by atoms with Crippen LogP contribution >= 0.6 is 0 Å². The molecule has 0 aliphatic rings. The Bertz CT molecular complexity index is 62.0. The van der Waals surface area contributed by atoms with Crippen LogP contribution in [0.3, 0.4) is 0 Å². The van der Waals surface area contributed by atoms with E-state index in [0.717, 1.165) is 0 Å². The molecule has 0 saturated heterocycles. The van der Waals surface area contributed by atoms with E-state index in [1.807, 2.05) is 12.1 Å². The highest BCUT2D eigenvalue weighted by Gasteiger charge is 1.58. The zero-order valence-electron chi connectivity index (χ0n) is 3.22. The van der Waals surface area contributed by atoms with Crippen molar-refractivity contribution in [3.8, 4) is 0 Å². The van der Waals surface area contributed by atoms with Crippen LogP contribution in [-0.2, 0) is 0 Å². The second kappa shape index (κ2) is 2.48. The van der Waals surface area contributed by atoms with Gasteiger partial charge in [0.05, 0.1) is 12.5 Å². The van der Waals surface area contributed by atoms with Gasteiger partial charge in [0.2, 0.25) is 0 Å². The van der Waals surface area contributed by atoms with E-state index in [2.05, 4.69) is 4.42 Å². The zero-order valence-corrected chi connectivity index (χ0v) is 3.22. The summed E-state index contributed by atoms with van der Waals surface area (Å²) in [6.45, 7) is 0. The average Bonchev–Trinajstić information content (AvgIpc) is 1.76. The lowest BCUT2D eigenvalue weighted by Crippen LogP contribution is -1.16. The second-order valence-corrected chi connectivity index (χ2v) is 0.793. The van der Waals surface area contributed by atoms with E-state index in [-0.39, 0.29) is 5.48 Å². The first-order valence-corrected chi connectivity index (χ1v) is 1.47. The van der Waals surface area contributed by atoms with Gasteiger partial charge in [-0.05, 0) is 12.1 Å². The van der Waals surface area contributed by atoms with Gasteiger partial charge in [0.15, 0.2) is 0 Å². The Morgan fingerprint density at radius 2 is 1.50 bits per heavy atom. The van der Waals surface area contributed by atoms with Crippen molar-refractivity contribution in [2.24, 2.45) is 0 Å². The molecular weight excluding hydrogens is 80.0 g/mol.